The Bertz CT molecular complexity index is 1140. The first kappa shape index (κ1) is 21.0. The molecule has 1 fully saturated rings. The molecule has 3 heterocycles. The molecule has 0 spiro atoms. The van der Waals surface area contributed by atoms with E-state index in [-0.39, 0.29) is 37.8 Å². The number of carbonyl (C=O) groups is 2. The van der Waals surface area contributed by atoms with E-state index in [4.69, 9.17) is 20.8 Å². The lowest BCUT2D eigenvalue weighted by Gasteiger charge is -2.31. The second-order valence-electron chi connectivity index (χ2n) is 7.16. The van der Waals surface area contributed by atoms with E-state index in [0.29, 0.717) is 32.8 Å². The molecule has 2 amide bonds. The summed E-state index contributed by atoms with van der Waals surface area (Å²) < 4.78 is 37.1. The molecule has 7 nitrogen and oxygen atoms in total. The van der Waals surface area contributed by atoms with Gasteiger partial charge in [-0.25, -0.2) is 13.6 Å². The maximum atomic E-state index is 13.3. The second kappa shape index (κ2) is 8.14. The van der Waals surface area contributed by atoms with Gasteiger partial charge in [-0.2, -0.15) is 0 Å². The summed E-state index contributed by atoms with van der Waals surface area (Å²) in [6, 6.07) is 8.20. The van der Waals surface area contributed by atoms with Crippen LogP contribution in [-0.4, -0.2) is 47.9 Å². The van der Waals surface area contributed by atoms with Crippen molar-refractivity contribution in [2.45, 2.75) is 18.8 Å². The number of ether oxygens (including phenoxy) is 1. The van der Waals surface area contributed by atoms with Crippen molar-refractivity contribution in [3.8, 4) is 17.2 Å². The first-order valence-electron chi connectivity index (χ1n) is 9.52. The molecule has 1 aromatic carbocycles. The van der Waals surface area contributed by atoms with Crippen molar-refractivity contribution in [2.75, 3.05) is 20.1 Å². The normalized spacial score (nSPS) is 15.7. The third-order valence-electron chi connectivity index (χ3n) is 5.03. The van der Waals surface area contributed by atoms with E-state index in [2.05, 4.69) is 10.3 Å². The Kier molecular flexibility index (Phi) is 5.53. The molecule has 4 rings (SSSR count). The molecule has 0 atom stereocenters. The molecule has 1 aliphatic heterocycles. The smallest absolute Gasteiger partial charge is 0.414 e. The van der Waals surface area contributed by atoms with Crippen LogP contribution in [0.25, 0.3) is 22.2 Å². The maximum absolute atomic E-state index is 13.3. The van der Waals surface area contributed by atoms with Crippen molar-refractivity contribution in [3.63, 3.8) is 0 Å². The number of piperidine rings is 1. The number of carbonyl (C=O) groups excluding carboxylic acids is 2. The lowest BCUT2D eigenvalue weighted by atomic mass is 10.1. The average Bonchev–Trinajstić information content (AvgIpc) is 3.16. The molecule has 10 heteroatoms. The highest BCUT2D eigenvalue weighted by atomic mass is 35.5. The first-order chi connectivity index (χ1) is 14.8. The Labute approximate surface area is 180 Å². The summed E-state index contributed by atoms with van der Waals surface area (Å²) in [6.07, 6.45) is 0.0747. The van der Waals surface area contributed by atoms with Gasteiger partial charge in [-0.1, -0.05) is 11.6 Å². The minimum Gasteiger partial charge on any atom is -0.424 e. The van der Waals surface area contributed by atoms with Crippen LogP contribution in [0.2, 0.25) is 5.02 Å². The van der Waals surface area contributed by atoms with Gasteiger partial charge in [-0.3, -0.25) is 9.78 Å². The maximum Gasteiger partial charge on any atom is 0.414 e. The van der Waals surface area contributed by atoms with Gasteiger partial charge in [-0.15, -0.1) is 0 Å². The molecule has 1 aliphatic rings. The number of halogens is 3. The van der Waals surface area contributed by atoms with Gasteiger partial charge in [-0.05, 0) is 24.3 Å². The van der Waals surface area contributed by atoms with E-state index in [9.17, 15) is 18.4 Å². The van der Waals surface area contributed by atoms with Crippen LogP contribution < -0.4 is 10.1 Å². The van der Waals surface area contributed by atoms with Crippen LogP contribution in [0.5, 0.6) is 5.95 Å². The largest absolute Gasteiger partial charge is 0.424 e. The number of nitrogens with one attached hydrogen (secondary N) is 1. The lowest BCUT2D eigenvalue weighted by Crippen LogP contribution is -2.42. The number of nitrogens with zero attached hydrogens (tertiary/aromatic N) is 2. The minimum absolute atomic E-state index is 0.00517. The monoisotopic (exact) mass is 449 g/mol. The number of hydrogen-bond donors (Lipinski definition) is 1. The van der Waals surface area contributed by atoms with Crippen LogP contribution in [0.15, 0.2) is 40.9 Å². The van der Waals surface area contributed by atoms with Gasteiger partial charge in [0.15, 0.2) is 5.58 Å². The second-order valence-corrected chi connectivity index (χ2v) is 7.57. The Morgan fingerprint density at radius 2 is 1.97 bits per heavy atom. The van der Waals surface area contributed by atoms with Crippen LogP contribution in [0.3, 0.4) is 0 Å². The number of amides is 2. The summed E-state index contributed by atoms with van der Waals surface area (Å²) >= 11 is 6.30. The standard InChI is InChI=1S/C21H18ClF2N3O4/c1-25-20(29)31-17-10-14-8-13(9-15(22)18(14)30-17)16-3-2-12(11-26-16)19(28)27-6-4-21(23,24)5-7-27/h2-3,8-11H,4-7H2,1H3,(H,25,29). The van der Waals surface area contributed by atoms with E-state index in [1.54, 1.807) is 24.3 Å². The first-order valence-corrected chi connectivity index (χ1v) is 9.90. The Morgan fingerprint density at radius 1 is 1.23 bits per heavy atom. The van der Waals surface area contributed by atoms with Crippen LogP contribution in [0, 0.1) is 0 Å². The molecule has 0 bridgehead atoms. The summed E-state index contributed by atoms with van der Waals surface area (Å²) in [6.45, 7) is 0.0294. The SMILES string of the molecule is CNC(=O)Oc1cc2cc(-c3ccc(C(=O)N4CCC(F)(F)CC4)cn3)cc(Cl)c2o1. The number of benzene rings is 1. The van der Waals surface area contributed by atoms with Gasteiger partial charge in [0.05, 0.1) is 16.3 Å². The average molecular weight is 450 g/mol. The fourth-order valence-electron chi connectivity index (χ4n) is 3.34. The number of hydrogen-bond acceptors (Lipinski definition) is 5. The van der Waals surface area contributed by atoms with E-state index >= 15 is 0 Å². The molecule has 0 aliphatic carbocycles. The quantitative estimate of drug-likeness (QED) is 0.624. The zero-order valence-electron chi connectivity index (χ0n) is 16.5. The van der Waals surface area contributed by atoms with E-state index in [1.807, 2.05) is 0 Å². The van der Waals surface area contributed by atoms with Crippen LogP contribution in [-0.2, 0) is 0 Å². The molecule has 0 radical (unpaired) electrons. The number of rotatable bonds is 3. The van der Waals surface area contributed by atoms with Crippen LogP contribution in [0.4, 0.5) is 13.6 Å². The molecule has 3 aromatic rings. The third kappa shape index (κ3) is 4.46. The number of furan rings is 1. The number of aromatic nitrogens is 1. The Morgan fingerprint density at radius 3 is 2.61 bits per heavy atom. The molecule has 31 heavy (non-hydrogen) atoms. The van der Waals surface area contributed by atoms with Gasteiger partial charge in [0.2, 0.25) is 0 Å². The molecule has 1 N–H and O–H groups in total. The van der Waals surface area contributed by atoms with Gasteiger partial charge in [0.1, 0.15) is 0 Å². The van der Waals surface area contributed by atoms with Crippen LogP contribution >= 0.6 is 11.6 Å². The van der Waals surface area contributed by atoms with Gasteiger partial charge < -0.3 is 19.4 Å². The van der Waals surface area contributed by atoms with Crippen molar-refractivity contribution in [2.24, 2.45) is 0 Å². The molecule has 162 valence electrons. The third-order valence-corrected chi connectivity index (χ3v) is 5.31. The topological polar surface area (TPSA) is 84.7 Å². The van der Waals surface area contributed by atoms with Crippen LogP contribution in [0.1, 0.15) is 23.2 Å². The number of alkyl halides is 2. The van der Waals surface area contributed by atoms with Crippen molar-refractivity contribution >= 4 is 34.6 Å². The Hall–Kier alpha value is -3.20. The number of fused-ring (bicyclic) bond motifs is 1. The van der Waals surface area contributed by atoms with E-state index in [0.717, 1.165) is 0 Å². The highest BCUT2D eigenvalue weighted by Crippen LogP contribution is 2.35. The zero-order valence-corrected chi connectivity index (χ0v) is 17.2. The lowest BCUT2D eigenvalue weighted by molar-refractivity contribution is -0.0494. The molecule has 0 unspecified atom stereocenters. The van der Waals surface area contributed by atoms with E-state index < -0.39 is 12.0 Å². The molecule has 2 aromatic heterocycles. The highest BCUT2D eigenvalue weighted by molar-refractivity contribution is 6.35. The van der Waals surface area contributed by atoms with Gasteiger partial charge >= 0.3 is 6.09 Å². The molecular weight excluding hydrogens is 432 g/mol. The summed E-state index contributed by atoms with van der Waals surface area (Å²) in [4.78, 5) is 29.7. The highest BCUT2D eigenvalue weighted by Gasteiger charge is 2.35. The minimum atomic E-state index is -2.71. The van der Waals surface area contributed by atoms with Crippen molar-refractivity contribution in [1.29, 1.82) is 0 Å². The summed E-state index contributed by atoms with van der Waals surface area (Å²) in [5, 5.41) is 3.23. The zero-order chi connectivity index (χ0) is 22.2. The fraction of sp³-hybridized carbons (Fsp3) is 0.286. The predicted octanol–water partition coefficient (Wildman–Crippen LogP) is 4.74. The molecule has 1 saturated heterocycles. The summed E-state index contributed by atoms with van der Waals surface area (Å²) in [5.74, 6) is -3.04. The van der Waals surface area contributed by atoms with Crippen molar-refractivity contribution in [3.05, 3.63) is 47.1 Å². The van der Waals surface area contributed by atoms with Crippen molar-refractivity contribution < 1.29 is 27.5 Å². The number of likely N-dealkylation sites (tertiary alicyclic amines) is 1. The number of pyridine rings is 1. The molecule has 0 saturated carbocycles. The summed E-state index contributed by atoms with van der Waals surface area (Å²) in [7, 11) is 1.43. The summed E-state index contributed by atoms with van der Waals surface area (Å²) in [5.41, 5.74) is 1.91. The fourth-order valence-corrected chi connectivity index (χ4v) is 3.60. The van der Waals surface area contributed by atoms with Gasteiger partial charge in [0.25, 0.3) is 17.8 Å². The van der Waals surface area contributed by atoms with Crippen molar-refractivity contribution in [1.82, 2.24) is 15.2 Å². The van der Waals surface area contributed by atoms with Gasteiger partial charge in [0, 0.05) is 56.2 Å². The molecular formula is C21H18ClF2N3O4. The van der Waals surface area contributed by atoms with E-state index in [1.165, 1.54) is 24.2 Å². The Balaban J connectivity index is 1.54. The predicted molar refractivity (Wildman–Crippen MR) is 110 cm³/mol.